The summed E-state index contributed by atoms with van der Waals surface area (Å²) in [6, 6.07) is 9.37. The highest BCUT2D eigenvalue weighted by atomic mass is 16.1. The highest BCUT2D eigenvalue weighted by molar-refractivity contribution is 5.81. The maximum Gasteiger partial charge on any atom is 0.191 e. The van der Waals surface area contributed by atoms with Crippen LogP contribution in [-0.4, -0.2) is 5.78 Å². The van der Waals surface area contributed by atoms with Crippen LogP contribution in [0.25, 0.3) is 0 Å². The number of carbonyl (C=O) groups is 1. The molecule has 0 amide bonds. The zero-order valence-electron chi connectivity index (χ0n) is 6.58. The van der Waals surface area contributed by atoms with Crippen molar-refractivity contribution >= 4 is 5.78 Å². The van der Waals surface area contributed by atoms with Crippen LogP contribution in [-0.2, 0) is 4.79 Å². The van der Waals surface area contributed by atoms with Crippen molar-refractivity contribution in [2.45, 2.75) is 13.0 Å². The van der Waals surface area contributed by atoms with Crippen molar-refractivity contribution in [3.8, 4) is 0 Å². The summed E-state index contributed by atoms with van der Waals surface area (Å²) >= 11 is 0. The molecule has 1 aromatic carbocycles. The number of quaternary nitrogens is 1. The molecule has 58 valence electrons. The van der Waals surface area contributed by atoms with E-state index in [-0.39, 0.29) is 11.8 Å². The van der Waals surface area contributed by atoms with Gasteiger partial charge in [0.15, 0.2) is 11.8 Å². The van der Waals surface area contributed by atoms with E-state index in [1.807, 2.05) is 30.3 Å². The smallest absolute Gasteiger partial charge is 0.191 e. The summed E-state index contributed by atoms with van der Waals surface area (Å²) in [6.07, 6.45) is 0. The Morgan fingerprint density at radius 1 is 1.36 bits per heavy atom. The van der Waals surface area contributed by atoms with Crippen LogP contribution in [0.15, 0.2) is 30.3 Å². The van der Waals surface area contributed by atoms with Gasteiger partial charge in [-0.15, -0.1) is 0 Å². The number of rotatable bonds is 2. The van der Waals surface area contributed by atoms with Crippen molar-refractivity contribution in [1.29, 1.82) is 0 Å². The van der Waals surface area contributed by atoms with Gasteiger partial charge in [0.25, 0.3) is 0 Å². The normalized spacial score (nSPS) is 12.5. The van der Waals surface area contributed by atoms with Gasteiger partial charge in [-0.1, -0.05) is 30.3 Å². The maximum absolute atomic E-state index is 10.9. The minimum atomic E-state index is -0.212. The van der Waals surface area contributed by atoms with E-state index in [1.165, 1.54) is 0 Å². The topological polar surface area (TPSA) is 44.7 Å². The van der Waals surface area contributed by atoms with Gasteiger partial charge in [-0.05, 0) is 0 Å². The molecule has 0 aliphatic heterocycles. The van der Waals surface area contributed by atoms with Crippen LogP contribution in [0.2, 0.25) is 0 Å². The van der Waals surface area contributed by atoms with Gasteiger partial charge in [-0.3, -0.25) is 4.79 Å². The molecule has 0 saturated carbocycles. The number of hydrogen-bond acceptors (Lipinski definition) is 1. The van der Waals surface area contributed by atoms with Gasteiger partial charge in [0, 0.05) is 12.5 Å². The number of carbonyl (C=O) groups excluding carboxylic acids is 1. The standard InChI is InChI=1S/C9H11NO/c1-7(11)9(10)8-5-3-2-4-6-8/h2-6,9H,10H2,1H3/p+1/t9-/m0/s1. The molecule has 0 saturated heterocycles. The van der Waals surface area contributed by atoms with Crippen molar-refractivity contribution in [2.75, 3.05) is 0 Å². The van der Waals surface area contributed by atoms with E-state index in [0.717, 1.165) is 5.56 Å². The molecule has 2 heteroatoms. The van der Waals surface area contributed by atoms with Crippen molar-refractivity contribution < 1.29 is 10.5 Å². The zero-order chi connectivity index (χ0) is 8.27. The fourth-order valence-electron chi connectivity index (χ4n) is 0.920. The Morgan fingerprint density at radius 2 is 1.91 bits per heavy atom. The molecule has 1 atom stereocenters. The molecule has 1 aromatic rings. The predicted molar refractivity (Wildman–Crippen MR) is 42.8 cm³/mol. The Hall–Kier alpha value is -1.15. The van der Waals surface area contributed by atoms with E-state index in [4.69, 9.17) is 0 Å². The Morgan fingerprint density at radius 3 is 2.36 bits per heavy atom. The third kappa shape index (κ3) is 1.88. The van der Waals surface area contributed by atoms with Gasteiger partial charge in [0.1, 0.15) is 0 Å². The van der Waals surface area contributed by atoms with Gasteiger partial charge in [0.05, 0.1) is 0 Å². The minimum Gasteiger partial charge on any atom is -0.345 e. The summed E-state index contributed by atoms with van der Waals surface area (Å²) in [5.74, 6) is 0.108. The van der Waals surface area contributed by atoms with Gasteiger partial charge in [-0.25, -0.2) is 0 Å². The van der Waals surface area contributed by atoms with Crippen LogP contribution in [0.1, 0.15) is 18.5 Å². The monoisotopic (exact) mass is 150 g/mol. The minimum absolute atomic E-state index is 0.108. The summed E-state index contributed by atoms with van der Waals surface area (Å²) in [4.78, 5) is 10.9. The Kier molecular flexibility index (Phi) is 2.39. The average molecular weight is 150 g/mol. The summed E-state index contributed by atoms with van der Waals surface area (Å²) in [7, 11) is 0. The van der Waals surface area contributed by atoms with Crippen LogP contribution in [0.3, 0.4) is 0 Å². The molecule has 0 fully saturated rings. The van der Waals surface area contributed by atoms with Crippen LogP contribution >= 0.6 is 0 Å². The Labute approximate surface area is 66.0 Å². The second-order valence-electron chi connectivity index (χ2n) is 2.57. The highest BCUT2D eigenvalue weighted by Gasteiger charge is 2.12. The second kappa shape index (κ2) is 3.30. The molecule has 0 aromatic heterocycles. The molecule has 0 bridgehead atoms. The fourth-order valence-corrected chi connectivity index (χ4v) is 0.920. The Balaban J connectivity index is 2.85. The summed E-state index contributed by atoms with van der Waals surface area (Å²) in [5, 5.41) is 0. The van der Waals surface area contributed by atoms with Crippen molar-refractivity contribution in [1.82, 2.24) is 0 Å². The maximum atomic E-state index is 10.9. The molecule has 0 aliphatic rings. The van der Waals surface area contributed by atoms with E-state index in [9.17, 15) is 4.79 Å². The lowest BCUT2D eigenvalue weighted by Crippen LogP contribution is -2.56. The molecular formula is C9H12NO+. The predicted octanol–water partition coefficient (Wildman–Crippen LogP) is 0.559. The van der Waals surface area contributed by atoms with Gasteiger partial charge in [-0.2, -0.15) is 0 Å². The first kappa shape index (κ1) is 7.95. The van der Waals surface area contributed by atoms with Crippen LogP contribution in [0.4, 0.5) is 0 Å². The van der Waals surface area contributed by atoms with Gasteiger partial charge >= 0.3 is 0 Å². The molecule has 0 unspecified atom stereocenters. The quantitative estimate of drug-likeness (QED) is 0.657. The molecule has 1 rings (SSSR count). The van der Waals surface area contributed by atoms with E-state index in [1.54, 1.807) is 6.92 Å². The van der Waals surface area contributed by atoms with E-state index in [2.05, 4.69) is 5.73 Å². The molecule has 0 heterocycles. The number of hydrogen-bond donors (Lipinski definition) is 1. The number of ketones is 1. The largest absolute Gasteiger partial charge is 0.345 e. The number of benzene rings is 1. The number of Topliss-reactive ketones (excluding diaryl/α,β-unsaturated/α-hetero) is 1. The highest BCUT2D eigenvalue weighted by Crippen LogP contribution is 2.07. The average Bonchev–Trinajstić information content (AvgIpc) is 2.05. The molecule has 0 spiro atoms. The SMILES string of the molecule is CC(=O)[C@H]([NH3+])c1ccccc1. The summed E-state index contributed by atoms with van der Waals surface area (Å²) < 4.78 is 0. The second-order valence-corrected chi connectivity index (χ2v) is 2.57. The van der Waals surface area contributed by atoms with Crippen LogP contribution in [0, 0.1) is 0 Å². The first-order valence-electron chi connectivity index (χ1n) is 3.60. The Bertz CT molecular complexity index is 243. The molecule has 3 N–H and O–H groups in total. The lowest BCUT2D eigenvalue weighted by Gasteiger charge is -2.02. The lowest BCUT2D eigenvalue weighted by molar-refractivity contribution is -0.408. The van der Waals surface area contributed by atoms with E-state index in [0.29, 0.717) is 0 Å². The first-order valence-corrected chi connectivity index (χ1v) is 3.60. The third-order valence-electron chi connectivity index (χ3n) is 1.69. The molecule has 0 aliphatic carbocycles. The van der Waals surface area contributed by atoms with E-state index < -0.39 is 0 Å². The van der Waals surface area contributed by atoms with Gasteiger partial charge < -0.3 is 5.73 Å². The summed E-state index contributed by atoms with van der Waals surface area (Å²) in [5.41, 5.74) is 4.74. The first-order chi connectivity index (χ1) is 5.22. The van der Waals surface area contributed by atoms with Crippen molar-refractivity contribution in [2.24, 2.45) is 0 Å². The molecular weight excluding hydrogens is 138 g/mol. The fraction of sp³-hybridized carbons (Fsp3) is 0.222. The zero-order valence-corrected chi connectivity index (χ0v) is 6.58. The van der Waals surface area contributed by atoms with Gasteiger partial charge in [0.2, 0.25) is 0 Å². The van der Waals surface area contributed by atoms with Crippen molar-refractivity contribution in [3.05, 3.63) is 35.9 Å². The molecule has 11 heavy (non-hydrogen) atoms. The van der Waals surface area contributed by atoms with Crippen molar-refractivity contribution in [3.63, 3.8) is 0 Å². The van der Waals surface area contributed by atoms with Crippen LogP contribution < -0.4 is 5.73 Å². The van der Waals surface area contributed by atoms with Crippen LogP contribution in [0.5, 0.6) is 0 Å². The molecule has 2 nitrogen and oxygen atoms in total. The third-order valence-corrected chi connectivity index (χ3v) is 1.69. The lowest BCUT2D eigenvalue weighted by atomic mass is 10.1. The molecule has 0 radical (unpaired) electrons. The van der Waals surface area contributed by atoms with E-state index >= 15 is 0 Å². The summed E-state index contributed by atoms with van der Waals surface area (Å²) in [6.45, 7) is 1.56.